The molecule has 1 aromatic carbocycles. The van der Waals surface area contributed by atoms with Gasteiger partial charge in [-0.1, -0.05) is 6.92 Å². The first-order valence-electron chi connectivity index (χ1n) is 10.8. The normalized spacial score (nSPS) is 13.8. The highest BCUT2D eigenvalue weighted by molar-refractivity contribution is 6.81. The summed E-state index contributed by atoms with van der Waals surface area (Å²) in [6, 6.07) is 3.49. The number of hydrogen-bond donors (Lipinski definition) is 1. The summed E-state index contributed by atoms with van der Waals surface area (Å²) in [6.45, 7) is 15.1. The molecule has 10 heteroatoms. The molecule has 0 aliphatic rings. The summed E-state index contributed by atoms with van der Waals surface area (Å²) in [5, 5.41) is 9.82. The molecular weight excluding hydrogens is 460 g/mol. The number of benzene rings is 1. The molecule has 0 aromatic heterocycles. The van der Waals surface area contributed by atoms with E-state index in [0.717, 1.165) is 0 Å². The van der Waals surface area contributed by atoms with Crippen LogP contribution in [0.25, 0.3) is 6.08 Å². The summed E-state index contributed by atoms with van der Waals surface area (Å²) in [4.78, 5) is 12.0. The summed E-state index contributed by atoms with van der Waals surface area (Å²) in [5.41, 5.74) is 1.19. The van der Waals surface area contributed by atoms with E-state index in [0.29, 0.717) is 41.2 Å². The van der Waals surface area contributed by atoms with Crippen molar-refractivity contribution in [3.8, 4) is 17.2 Å². The Labute approximate surface area is 196 Å². The van der Waals surface area contributed by atoms with E-state index >= 15 is 0 Å². The van der Waals surface area contributed by atoms with Gasteiger partial charge in [-0.3, -0.25) is 0 Å². The number of hydrogen-bond acceptors (Lipinski definition) is 6. The van der Waals surface area contributed by atoms with Crippen LogP contribution in [-0.2, 0) is 13.0 Å². The predicted octanol–water partition coefficient (Wildman–Crippen LogP) is 5.27. The molecule has 1 rings (SSSR count). The van der Waals surface area contributed by atoms with Crippen molar-refractivity contribution in [1.82, 2.24) is 0 Å². The monoisotopic (exact) mass is 500 g/mol. The van der Waals surface area contributed by atoms with Gasteiger partial charge >= 0.3 is 15.3 Å². The Morgan fingerprint density at radius 3 is 1.78 bits per heavy atom. The van der Waals surface area contributed by atoms with Gasteiger partial charge in [-0.15, -0.1) is 0 Å². The summed E-state index contributed by atoms with van der Waals surface area (Å²) in [7, 11) is -0.870. The highest BCUT2D eigenvalue weighted by atomic mass is 28.4. The van der Waals surface area contributed by atoms with Crippen molar-refractivity contribution in [2.75, 3.05) is 21.3 Å². The summed E-state index contributed by atoms with van der Waals surface area (Å²) >= 11 is 0. The number of ether oxygens (including phenoxy) is 3. The molecule has 0 saturated carbocycles. The summed E-state index contributed by atoms with van der Waals surface area (Å²) in [6.07, 6.45) is 2.77. The van der Waals surface area contributed by atoms with Gasteiger partial charge in [-0.2, -0.15) is 0 Å². The lowest BCUT2D eigenvalue weighted by Gasteiger charge is -2.34. The van der Waals surface area contributed by atoms with Crippen LogP contribution >= 0.6 is 0 Å². The third kappa shape index (κ3) is 9.49. The zero-order valence-corrected chi connectivity index (χ0v) is 24.4. The summed E-state index contributed by atoms with van der Waals surface area (Å²) in [5.74, 6) is 0.492. The molecule has 0 spiro atoms. The Morgan fingerprint density at radius 2 is 1.44 bits per heavy atom. The van der Waals surface area contributed by atoms with Crippen LogP contribution in [0.15, 0.2) is 17.7 Å². The zero-order chi connectivity index (χ0) is 24.7. The van der Waals surface area contributed by atoms with E-state index in [9.17, 15) is 9.90 Å². The van der Waals surface area contributed by atoms with E-state index in [4.69, 9.17) is 22.4 Å². The molecule has 0 bridgehead atoms. The van der Waals surface area contributed by atoms with E-state index in [1.807, 2.05) is 0 Å². The smallest absolute Gasteiger partial charge is 0.331 e. The van der Waals surface area contributed by atoms with E-state index in [2.05, 4.69) is 46.2 Å². The SMILES string of the molecule is COc1cc(C=C(CCC(C)[SiH](O[Si](C)(C)C)O[Si](C)(C)C)C(=O)O)cc(OC)c1OC. The number of carbonyl (C=O) groups is 1. The number of carboxylic acids is 1. The fourth-order valence-corrected chi connectivity index (χ4v) is 11.6. The fourth-order valence-electron chi connectivity index (χ4n) is 3.10. The van der Waals surface area contributed by atoms with Crippen LogP contribution in [0.5, 0.6) is 17.2 Å². The van der Waals surface area contributed by atoms with Gasteiger partial charge < -0.3 is 27.5 Å². The van der Waals surface area contributed by atoms with Crippen molar-refractivity contribution in [1.29, 1.82) is 0 Å². The average Bonchev–Trinajstić information content (AvgIpc) is 2.66. The average molecular weight is 501 g/mol. The second kappa shape index (κ2) is 12.0. The number of methoxy groups -OCH3 is 3. The molecule has 7 nitrogen and oxygen atoms in total. The molecule has 0 heterocycles. The minimum atomic E-state index is -1.94. The maximum Gasteiger partial charge on any atom is 0.331 e. The maximum absolute atomic E-state index is 12.0. The lowest BCUT2D eigenvalue weighted by atomic mass is 10.0. The maximum atomic E-state index is 12.0. The van der Waals surface area contributed by atoms with E-state index in [1.54, 1.807) is 18.2 Å². The van der Waals surface area contributed by atoms with Crippen LogP contribution in [0.2, 0.25) is 44.8 Å². The van der Waals surface area contributed by atoms with Gasteiger partial charge in [0.1, 0.15) is 0 Å². The van der Waals surface area contributed by atoms with Crippen LogP contribution in [0, 0.1) is 0 Å². The molecule has 1 unspecified atom stereocenters. The largest absolute Gasteiger partial charge is 0.493 e. The standard InChI is InChI=1S/C22H40O7Si3/c1-16(30(28-31(5,6)7)29-32(8,9)10)11-12-18(22(23)24)13-17-14-19(25-2)21(27-4)20(15-17)26-3/h13-16,30H,11-12H2,1-10H3,(H,23,24). The van der Waals surface area contributed by atoms with Crippen LogP contribution in [0.4, 0.5) is 0 Å². The minimum absolute atomic E-state index is 0.191. The van der Waals surface area contributed by atoms with Gasteiger partial charge in [0.2, 0.25) is 5.75 Å². The van der Waals surface area contributed by atoms with Gasteiger partial charge in [0.25, 0.3) is 0 Å². The van der Waals surface area contributed by atoms with Crippen LogP contribution < -0.4 is 14.2 Å². The highest BCUT2D eigenvalue weighted by Gasteiger charge is 2.33. The van der Waals surface area contributed by atoms with Gasteiger partial charge in [0.05, 0.1) is 21.3 Å². The third-order valence-electron chi connectivity index (χ3n) is 4.58. The van der Waals surface area contributed by atoms with Crippen molar-refractivity contribution in [2.45, 2.75) is 64.6 Å². The topological polar surface area (TPSA) is 83.5 Å². The van der Waals surface area contributed by atoms with Crippen molar-refractivity contribution in [2.24, 2.45) is 0 Å². The Hall–Kier alpha value is -1.60. The fraction of sp³-hybridized carbons (Fsp3) is 0.591. The number of rotatable bonds is 13. The molecule has 0 aliphatic carbocycles. The molecule has 1 atom stereocenters. The Kier molecular flexibility index (Phi) is 10.7. The zero-order valence-electron chi connectivity index (χ0n) is 21.2. The highest BCUT2D eigenvalue weighted by Crippen LogP contribution is 2.39. The molecule has 182 valence electrons. The first-order valence-corrected chi connectivity index (χ1v) is 19.2. The molecule has 1 aromatic rings. The minimum Gasteiger partial charge on any atom is -0.493 e. The Morgan fingerprint density at radius 1 is 0.969 bits per heavy atom. The van der Waals surface area contributed by atoms with E-state index < -0.39 is 31.9 Å². The molecule has 1 N–H and O–H groups in total. The van der Waals surface area contributed by atoms with Crippen molar-refractivity contribution in [3.63, 3.8) is 0 Å². The predicted molar refractivity (Wildman–Crippen MR) is 136 cm³/mol. The quantitative estimate of drug-likeness (QED) is 0.292. The second-order valence-electron chi connectivity index (χ2n) is 9.78. The molecule has 32 heavy (non-hydrogen) atoms. The Balaban J connectivity index is 3.13. The van der Waals surface area contributed by atoms with E-state index in [1.165, 1.54) is 21.3 Å². The molecule has 0 saturated heterocycles. The van der Waals surface area contributed by atoms with Crippen LogP contribution in [0.3, 0.4) is 0 Å². The van der Waals surface area contributed by atoms with Crippen molar-refractivity contribution in [3.05, 3.63) is 23.3 Å². The van der Waals surface area contributed by atoms with Gasteiger partial charge in [-0.25, -0.2) is 4.79 Å². The molecule has 0 amide bonds. The second-order valence-corrected chi connectivity index (χ2v) is 22.0. The van der Waals surface area contributed by atoms with Crippen molar-refractivity contribution >= 4 is 38.0 Å². The molecular formula is C22H40O7Si3. The van der Waals surface area contributed by atoms with Gasteiger partial charge in [0.15, 0.2) is 28.1 Å². The number of aliphatic carboxylic acids is 1. The van der Waals surface area contributed by atoms with Crippen LogP contribution in [-0.4, -0.2) is 58.3 Å². The first-order chi connectivity index (χ1) is 14.7. The van der Waals surface area contributed by atoms with Gasteiger partial charge in [-0.05, 0) is 81.4 Å². The lowest BCUT2D eigenvalue weighted by molar-refractivity contribution is -0.132. The number of carboxylic acid groups (broad SMARTS) is 1. The van der Waals surface area contributed by atoms with Crippen LogP contribution in [0.1, 0.15) is 25.3 Å². The Bertz CT molecular complexity index is 757. The first kappa shape index (κ1) is 28.4. The van der Waals surface area contributed by atoms with Gasteiger partial charge in [0, 0.05) is 5.57 Å². The molecule has 0 aliphatic heterocycles. The molecule has 0 radical (unpaired) electrons. The lowest BCUT2D eigenvalue weighted by Crippen LogP contribution is -2.45. The third-order valence-corrected chi connectivity index (χ3v) is 13.4. The van der Waals surface area contributed by atoms with E-state index in [-0.39, 0.29) is 5.54 Å². The van der Waals surface area contributed by atoms with Crippen molar-refractivity contribution < 1.29 is 32.3 Å². The summed E-state index contributed by atoms with van der Waals surface area (Å²) < 4.78 is 29.0. The molecule has 0 fully saturated rings.